The highest BCUT2D eigenvalue weighted by atomic mass is 16.2. The molecule has 0 aliphatic rings. The summed E-state index contributed by atoms with van der Waals surface area (Å²) in [6.45, 7) is 8.65. The van der Waals surface area contributed by atoms with E-state index in [0.717, 1.165) is 13.1 Å². The standard InChI is InChI=1S/C15H24N6O2/c1-5-20(6-2)11(3)7-16-13(22)9-21-10-17-14-12(15(21)23)8-18-19(14)4/h8,10-11H,5-7,9H2,1-4H3,(H,16,22)/t11-/m1/s1. The summed E-state index contributed by atoms with van der Waals surface area (Å²) < 4.78 is 2.84. The first kappa shape index (κ1) is 17.1. The zero-order valence-corrected chi connectivity index (χ0v) is 14.1. The van der Waals surface area contributed by atoms with E-state index >= 15 is 0 Å². The van der Waals surface area contributed by atoms with Gasteiger partial charge >= 0.3 is 0 Å². The number of fused-ring (bicyclic) bond motifs is 1. The lowest BCUT2D eigenvalue weighted by Gasteiger charge is -2.26. The molecule has 0 saturated carbocycles. The minimum absolute atomic E-state index is 0.0400. The van der Waals surface area contributed by atoms with E-state index in [0.29, 0.717) is 17.6 Å². The van der Waals surface area contributed by atoms with E-state index in [-0.39, 0.29) is 24.1 Å². The third kappa shape index (κ3) is 3.76. The van der Waals surface area contributed by atoms with Gasteiger partial charge in [0.2, 0.25) is 5.91 Å². The predicted molar refractivity (Wildman–Crippen MR) is 88.2 cm³/mol. The molecule has 0 saturated heterocycles. The van der Waals surface area contributed by atoms with Crippen LogP contribution in [0.2, 0.25) is 0 Å². The molecule has 2 heterocycles. The Morgan fingerprint density at radius 1 is 1.39 bits per heavy atom. The maximum atomic E-state index is 12.3. The molecule has 0 bridgehead atoms. The van der Waals surface area contributed by atoms with Crippen LogP contribution in [0, 0.1) is 0 Å². The van der Waals surface area contributed by atoms with Gasteiger partial charge < -0.3 is 5.32 Å². The van der Waals surface area contributed by atoms with Crippen LogP contribution in [0.3, 0.4) is 0 Å². The van der Waals surface area contributed by atoms with Gasteiger partial charge in [0.1, 0.15) is 18.3 Å². The van der Waals surface area contributed by atoms with Crippen molar-refractivity contribution >= 4 is 16.9 Å². The average molecular weight is 320 g/mol. The molecule has 0 spiro atoms. The van der Waals surface area contributed by atoms with Crippen molar-refractivity contribution < 1.29 is 4.79 Å². The summed E-state index contributed by atoms with van der Waals surface area (Å²) in [4.78, 5) is 30.8. The maximum Gasteiger partial charge on any atom is 0.264 e. The van der Waals surface area contributed by atoms with Crippen LogP contribution in [-0.2, 0) is 18.4 Å². The molecule has 8 nitrogen and oxygen atoms in total. The van der Waals surface area contributed by atoms with Crippen LogP contribution in [0.15, 0.2) is 17.3 Å². The second-order valence-corrected chi connectivity index (χ2v) is 5.56. The summed E-state index contributed by atoms with van der Waals surface area (Å²) in [6.07, 6.45) is 2.86. The van der Waals surface area contributed by atoms with Gasteiger partial charge in [0.15, 0.2) is 5.65 Å². The van der Waals surface area contributed by atoms with Gasteiger partial charge in [-0.25, -0.2) is 4.98 Å². The van der Waals surface area contributed by atoms with Gasteiger partial charge in [-0.05, 0) is 20.0 Å². The fraction of sp³-hybridized carbons (Fsp3) is 0.600. The van der Waals surface area contributed by atoms with Gasteiger partial charge in [0.25, 0.3) is 5.56 Å². The van der Waals surface area contributed by atoms with E-state index in [1.54, 1.807) is 7.05 Å². The summed E-state index contributed by atoms with van der Waals surface area (Å²) in [7, 11) is 1.72. The molecule has 126 valence electrons. The Hall–Kier alpha value is -2.22. The van der Waals surface area contributed by atoms with E-state index in [1.807, 2.05) is 0 Å². The molecule has 0 radical (unpaired) electrons. The van der Waals surface area contributed by atoms with E-state index in [4.69, 9.17) is 0 Å². The highest BCUT2D eigenvalue weighted by Gasteiger charge is 2.13. The topological polar surface area (TPSA) is 85.1 Å². The van der Waals surface area contributed by atoms with Crippen molar-refractivity contribution in [2.75, 3.05) is 19.6 Å². The van der Waals surface area contributed by atoms with Gasteiger partial charge in [0, 0.05) is 19.6 Å². The molecule has 0 aliphatic carbocycles. The summed E-state index contributed by atoms with van der Waals surface area (Å²) in [5.74, 6) is -0.198. The van der Waals surface area contributed by atoms with Crippen LogP contribution in [0.1, 0.15) is 20.8 Å². The van der Waals surface area contributed by atoms with Crippen molar-refractivity contribution in [1.82, 2.24) is 29.5 Å². The van der Waals surface area contributed by atoms with Crippen molar-refractivity contribution in [3.8, 4) is 0 Å². The molecule has 2 aromatic heterocycles. The lowest BCUT2D eigenvalue weighted by Crippen LogP contribution is -2.43. The monoisotopic (exact) mass is 320 g/mol. The first-order chi connectivity index (χ1) is 11.0. The van der Waals surface area contributed by atoms with Gasteiger partial charge in [-0.1, -0.05) is 13.8 Å². The van der Waals surface area contributed by atoms with Crippen LogP contribution in [0.4, 0.5) is 0 Å². The van der Waals surface area contributed by atoms with Crippen molar-refractivity contribution in [3.63, 3.8) is 0 Å². The summed E-state index contributed by atoms with van der Waals surface area (Å²) in [5.41, 5.74) is 0.261. The normalized spacial score (nSPS) is 12.7. The molecule has 1 N–H and O–H groups in total. The Balaban J connectivity index is 2.01. The van der Waals surface area contributed by atoms with Crippen molar-refractivity contribution in [1.29, 1.82) is 0 Å². The number of likely N-dealkylation sites (N-methyl/N-ethyl adjacent to an activating group) is 1. The Labute approximate surface area is 135 Å². The number of aromatic nitrogens is 4. The third-order valence-electron chi connectivity index (χ3n) is 4.06. The van der Waals surface area contributed by atoms with E-state index in [9.17, 15) is 9.59 Å². The fourth-order valence-electron chi connectivity index (χ4n) is 2.63. The largest absolute Gasteiger partial charge is 0.353 e. The molecule has 0 aromatic carbocycles. The van der Waals surface area contributed by atoms with Gasteiger partial charge in [-0.3, -0.25) is 23.7 Å². The summed E-state index contributed by atoms with van der Waals surface area (Å²) >= 11 is 0. The van der Waals surface area contributed by atoms with Crippen LogP contribution >= 0.6 is 0 Å². The van der Waals surface area contributed by atoms with Crippen molar-refractivity contribution in [2.24, 2.45) is 7.05 Å². The molecule has 2 rings (SSSR count). The van der Waals surface area contributed by atoms with E-state index in [1.165, 1.54) is 21.8 Å². The molecule has 0 aliphatic heterocycles. The van der Waals surface area contributed by atoms with Crippen molar-refractivity contribution in [3.05, 3.63) is 22.9 Å². The van der Waals surface area contributed by atoms with Crippen LogP contribution in [0.25, 0.3) is 11.0 Å². The molecule has 0 unspecified atom stereocenters. The number of nitrogens with zero attached hydrogens (tertiary/aromatic N) is 5. The Morgan fingerprint density at radius 3 is 2.74 bits per heavy atom. The predicted octanol–water partition coefficient (Wildman–Crippen LogP) is -0.0235. The molecule has 0 fully saturated rings. The lowest BCUT2D eigenvalue weighted by atomic mass is 10.2. The number of hydrogen-bond donors (Lipinski definition) is 1. The number of hydrogen-bond acceptors (Lipinski definition) is 5. The number of aryl methyl sites for hydroxylation is 1. The molecule has 1 amide bonds. The van der Waals surface area contributed by atoms with Crippen molar-refractivity contribution in [2.45, 2.75) is 33.4 Å². The second kappa shape index (κ2) is 7.36. The van der Waals surface area contributed by atoms with Crippen LogP contribution < -0.4 is 10.9 Å². The molecule has 8 heteroatoms. The minimum atomic E-state index is -0.255. The second-order valence-electron chi connectivity index (χ2n) is 5.56. The van der Waals surface area contributed by atoms with Crippen LogP contribution in [-0.4, -0.2) is 55.8 Å². The number of amides is 1. The first-order valence-electron chi connectivity index (χ1n) is 7.85. The first-order valence-corrected chi connectivity index (χ1v) is 7.85. The summed E-state index contributed by atoms with van der Waals surface area (Å²) in [5, 5.41) is 7.30. The highest BCUT2D eigenvalue weighted by Crippen LogP contribution is 2.03. The maximum absolute atomic E-state index is 12.3. The number of rotatable bonds is 7. The van der Waals surface area contributed by atoms with E-state index < -0.39 is 0 Å². The summed E-state index contributed by atoms with van der Waals surface area (Å²) in [6, 6.07) is 0.254. The Bertz CT molecular complexity index is 731. The van der Waals surface area contributed by atoms with E-state index in [2.05, 4.69) is 41.1 Å². The molecule has 23 heavy (non-hydrogen) atoms. The van der Waals surface area contributed by atoms with Crippen LogP contribution in [0.5, 0.6) is 0 Å². The Morgan fingerprint density at radius 2 is 2.09 bits per heavy atom. The highest BCUT2D eigenvalue weighted by molar-refractivity contribution is 5.77. The van der Waals surface area contributed by atoms with Gasteiger partial charge in [0.05, 0.1) is 6.20 Å². The molecular weight excluding hydrogens is 296 g/mol. The minimum Gasteiger partial charge on any atom is -0.353 e. The smallest absolute Gasteiger partial charge is 0.264 e. The molecular formula is C15H24N6O2. The molecule has 2 aromatic rings. The third-order valence-corrected chi connectivity index (χ3v) is 4.06. The number of nitrogens with one attached hydrogen (secondary N) is 1. The fourth-order valence-corrected chi connectivity index (χ4v) is 2.63. The average Bonchev–Trinajstić information content (AvgIpc) is 2.91. The zero-order chi connectivity index (χ0) is 17.0. The molecule has 1 atom stereocenters. The SMILES string of the molecule is CCN(CC)[C@H](C)CNC(=O)Cn1cnc2c(cnn2C)c1=O. The zero-order valence-electron chi connectivity index (χ0n) is 14.1. The number of carbonyl (C=O) groups is 1. The Kier molecular flexibility index (Phi) is 5.49. The van der Waals surface area contributed by atoms with Gasteiger partial charge in [-0.15, -0.1) is 0 Å². The quantitative estimate of drug-likeness (QED) is 0.775. The van der Waals surface area contributed by atoms with Gasteiger partial charge in [-0.2, -0.15) is 5.10 Å². The number of carbonyl (C=O) groups excluding carboxylic acids is 1. The lowest BCUT2D eigenvalue weighted by molar-refractivity contribution is -0.121.